The van der Waals surface area contributed by atoms with Crippen molar-refractivity contribution < 1.29 is 5.11 Å². The van der Waals surface area contributed by atoms with Crippen LogP contribution in [-0.2, 0) is 0 Å². The van der Waals surface area contributed by atoms with E-state index in [1.165, 1.54) is 32.1 Å². The van der Waals surface area contributed by atoms with E-state index in [1.807, 2.05) is 0 Å². The largest absolute Gasteiger partial charge is 0.393 e. The van der Waals surface area contributed by atoms with E-state index < -0.39 is 0 Å². The molecule has 1 fully saturated rings. The molecule has 12 heavy (non-hydrogen) atoms. The van der Waals surface area contributed by atoms with Crippen LogP contribution < -0.4 is 0 Å². The summed E-state index contributed by atoms with van der Waals surface area (Å²) in [6.45, 7) is 4.25. The van der Waals surface area contributed by atoms with Gasteiger partial charge in [-0.05, 0) is 24.7 Å². The average Bonchev–Trinajstić information content (AvgIpc) is 2.55. The summed E-state index contributed by atoms with van der Waals surface area (Å²) in [6.07, 6.45) is 7.73. The summed E-state index contributed by atoms with van der Waals surface area (Å²) in [5.41, 5.74) is 0. The van der Waals surface area contributed by atoms with Crippen LogP contribution in [0, 0.1) is 11.8 Å². The van der Waals surface area contributed by atoms with E-state index in [-0.39, 0.29) is 6.10 Å². The van der Waals surface area contributed by atoms with Gasteiger partial charge in [-0.3, -0.25) is 0 Å². The minimum Gasteiger partial charge on any atom is -0.393 e. The van der Waals surface area contributed by atoms with Gasteiger partial charge in [-0.15, -0.1) is 0 Å². The van der Waals surface area contributed by atoms with Crippen molar-refractivity contribution in [2.45, 2.75) is 58.5 Å². The van der Waals surface area contributed by atoms with Crippen molar-refractivity contribution in [3.63, 3.8) is 0 Å². The van der Waals surface area contributed by atoms with E-state index in [9.17, 15) is 5.11 Å². The highest BCUT2D eigenvalue weighted by molar-refractivity contribution is 4.72. The topological polar surface area (TPSA) is 20.2 Å². The second-order valence-electron chi connectivity index (χ2n) is 4.34. The molecule has 0 aromatic carbocycles. The Balaban J connectivity index is 2.19. The summed E-state index contributed by atoms with van der Waals surface area (Å²) >= 11 is 0. The van der Waals surface area contributed by atoms with E-state index in [0.29, 0.717) is 5.92 Å². The van der Waals surface area contributed by atoms with Crippen LogP contribution in [0.4, 0.5) is 0 Å². The first-order chi connectivity index (χ1) is 5.74. The van der Waals surface area contributed by atoms with Crippen LogP contribution in [0.1, 0.15) is 52.4 Å². The Hall–Kier alpha value is -0.0400. The van der Waals surface area contributed by atoms with Gasteiger partial charge in [0, 0.05) is 0 Å². The fraction of sp³-hybridized carbons (Fsp3) is 1.00. The van der Waals surface area contributed by atoms with E-state index in [1.54, 1.807) is 0 Å². The fourth-order valence-corrected chi connectivity index (χ4v) is 2.33. The van der Waals surface area contributed by atoms with Crippen molar-refractivity contribution in [2.75, 3.05) is 0 Å². The first kappa shape index (κ1) is 10.0. The molecule has 0 radical (unpaired) electrons. The number of aliphatic hydroxyl groups is 1. The normalized spacial score (nSPS) is 24.2. The molecule has 0 aromatic heterocycles. The zero-order chi connectivity index (χ0) is 8.97. The molecule has 0 bridgehead atoms. The van der Waals surface area contributed by atoms with Gasteiger partial charge in [-0.2, -0.15) is 0 Å². The van der Waals surface area contributed by atoms with Crippen molar-refractivity contribution in [1.29, 1.82) is 0 Å². The van der Waals surface area contributed by atoms with Crippen molar-refractivity contribution in [3.8, 4) is 0 Å². The monoisotopic (exact) mass is 170 g/mol. The number of aliphatic hydroxyl groups excluding tert-OH is 1. The highest BCUT2D eigenvalue weighted by Crippen LogP contribution is 2.31. The molecule has 0 saturated heterocycles. The smallest absolute Gasteiger partial charge is 0.0563 e. The summed E-state index contributed by atoms with van der Waals surface area (Å²) < 4.78 is 0. The van der Waals surface area contributed by atoms with Crippen LogP contribution in [0.2, 0.25) is 0 Å². The lowest BCUT2D eigenvalue weighted by Gasteiger charge is -2.20. The zero-order valence-corrected chi connectivity index (χ0v) is 8.42. The molecule has 72 valence electrons. The van der Waals surface area contributed by atoms with E-state index in [2.05, 4.69) is 13.8 Å². The van der Waals surface area contributed by atoms with Gasteiger partial charge in [0.1, 0.15) is 0 Å². The molecule has 1 heteroatoms. The summed E-state index contributed by atoms with van der Waals surface area (Å²) in [7, 11) is 0. The first-order valence-electron chi connectivity index (χ1n) is 5.42. The molecule has 2 unspecified atom stereocenters. The Morgan fingerprint density at radius 1 is 1.33 bits per heavy atom. The number of hydrogen-bond donors (Lipinski definition) is 1. The Bertz CT molecular complexity index is 116. The third kappa shape index (κ3) is 2.78. The molecular weight excluding hydrogens is 148 g/mol. The maximum Gasteiger partial charge on any atom is 0.0563 e. The Kier molecular flexibility index (Phi) is 4.07. The van der Waals surface area contributed by atoms with Crippen LogP contribution in [-0.4, -0.2) is 11.2 Å². The molecule has 1 saturated carbocycles. The van der Waals surface area contributed by atoms with Crippen molar-refractivity contribution >= 4 is 0 Å². The predicted octanol–water partition coefficient (Wildman–Crippen LogP) is 2.97. The quantitative estimate of drug-likeness (QED) is 0.687. The molecular formula is C11H22O. The summed E-state index contributed by atoms with van der Waals surface area (Å²) in [6, 6.07) is 0. The van der Waals surface area contributed by atoms with E-state index in [4.69, 9.17) is 0 Å². The number of hydrogen-bond acceptors (Lipinski definition) is 1. The molecule has 1 N–H and O–H groups in total. The van der Waals surface area contributed by atoms with E-state index >= 15 is 0 Å². The summed E-state index contributed by atoms with van der Waals surface area (Å²) in [5, 5.41) is 9.59. The molecule has 0 aromatic rings. The molecule has 1 nitrogen and oxygen atoms in total. The SMILES string of the molecule is CCC(O)C(C)CC1CCCC1. The molecule has 0 amide bonds. The Morgan fingerprint density at radius 2 is 1.92 bits per heavy atom. The van der Waals surface area contributed by atoms with E-state index in [0.717, 1.165) is 12.3 Å². The molecule has 1 aliphatic carbocycles. The van der Waals surface area contributed by atoms with Crippen LogP contribution in [0.3, 0.4) is 0 Å². The lowest BCUT2D eigenvalue weighted by molar-refractivity contribution is 0.0984. The Labute approximate surface area is 76.2 Å². The first-order valence-corrected chi connectivity index (χ1v) is 5.42. The molecule has 1 rings (SSSR count). The molecule has 0 spiro atoms. The van der Waals surface area contributed by atoms with Crippen LogP contribution in [0.25, 0.3) is 0 Å². The predicted molar refractivity (Wildman–Crippen MR) is 52.0 cm³/mol. The standard InChI is InChI=1S/C11H22O/c1-3-11(12)9(2)8-10-6-4-5-7-10/h9-12H,3-8H2,1-2H3. The molecule has 1 aliphatic rings. The zero-order valence-electron chi connectivity index (χ0n) is 8.42. The minimum absolute atomic E-state index is 0.0643. The van der Waals surface area contributed by atoms with Gasteiger partial charge in [0.15, 0.2) is 0 Å². The maximum absolute atomic E-state index is 9.59. The lowest BCUT2D eigenvalue weighted by atomic mass is 9.90. The second kappa shape index (κ2) is 4.86. The van der Waals surface area contributed by atoms with Gasteiger partial charge in [-0.1, -0.05) is 39.5 Å². The Morgan fingerprint density at radius 3 is 2.42 bits per heavy atom. The highest BCUT2D eigenvalue weighted by atomic mass is 16.3. The van der Waals surface area contributed by atoms with Gasteiger partial charge in [-0.25, -0.2) is 0 Å². The molecule has 0 heterocycles. The average molecular weight is 170 g/mol. The third-order valence-electron chi connectivity index (χ3n) is 3.25. The van der Waals surface area contributed by atoms with Gasteiger partial charge >= 0.3 is 0 Å². The van der Waals surface area contributed by atoms with Crippen molar-refractivity contribution in [3.05, 3.63) is 0 Å². The molecule has 0 aliphatic heterocycles. The van der Waals surface area contributed by atoms with Crippen LogP contribution in [0.5, 0.6) is 0 Å². The van der Waals surface area contributed by atoms with Crippen LogP contribution in [0.15, 0.2) is 0 Å². The van der Waals surface area contributed by atoms with Gasteiger partial charge in [0.2, 0.25) is 0 Å². The van der Waals surface area contributed by atoms with Crippen molar-refractivity contribution in [1.82, 2.24) is 0 Å². The third-order valence-corrected chi connectivity index (χ3v) is 3.25. The fourth-order valence-electron chi connectivity index (χ4n) is 2.33. The maximum atomic E-state index is 9.59. The lowest BCUT2D eigenvalue weighted by Crippen LogP contribution is -2.18. The van der Waals surface area contributed by atoms with Crippen LogP contribution >= 0.6 is 0 Å². The number of rotatable bonds is 4. The summed E-state index contributed by atoms with van der Waals surface area (Å²) in [4.78, 5) is 0. The minimum atomic E-state index is -0.0643. The molecule has 2 atom stereocenters. The second-order valence-corrected chi connectivity index (χ2v) is 4.34. The van der Waals surface area contributed by atoms with Gasteiger partial charge < -0.3 is 5.11 Å². The van der Waals surface area contributed by atoms with Gasteiger partial charge in [0.25, 0.3) is 0 Å². The van der Waals surface area contributed by atoms with Crippen molar-refractivity contribution in [2.24, 2.45) is 11.8 Å². The van der Waals surface area contributed by atoms with Gasteiger partial charge in [0.05, 0.1) is 6.10 Å². The highest BCUT2D eigenvalue weighted by Gasteiger charge is 2.20. The summed E-state index contributed by atoms with van der Waals surface area (Å²) in [5.74, 6) is 1.43.